The number of nitrogens with one attached hydrogen (secondary N) is 2. The highest BCUT2D eigenvalue weighted by Crippen LogP contribution is 2.34. The molecule has 0 saturated heterocycles. The van der Waals surface area contributed by atoms with E-state index in [2.05, 4.69) is 15.6 Å². The van der Waals surface area contributed by atoms with Crippen LogP contribution in [0.25, 0.3) is 33.3 Å². The molecule has 36 heavy (non-hydrogen) atoms. The van der Waals surface area contributed by atoms with E-state index in [4.69, 9.17) is 21.4 Å². The van der Waals surface area contributed by atoms with Crippen molar-refractivity contribution < 1.29 is 19.1 Å². The zero-order valence-corrected chi connectivity index (χ0v) is 20.7. The van der Waals surface area contributed by atoms with Crippen molar-refractivity contribution in [1.82, 2.24) is 10.3 Å². The number of aryl methyl sites for hydroxylation is 2. The number of hydrogen-bond acceptors (Lipinski definition) is 6. The number of amides is 1. The van der Waals surface area contributed by atoms with Gasteiger partial charge in [-0.1, -0.05) is 30.3 Å². The first kappa shape index (κ1) is 23.3. The lowest BCUT2D eigenvalue weighted by atomic mass is 10.1. The number of phenols is 1. The molecule has 0 spiro atoms. The van der Waals surface area contributed by atoms with Gasteiger partial charge in [-0.3, -0.25) is 10.1 Å². The van der Waals surface area contributed by atoms with E-state index in [1.807, 2.05) is 56.3 Å². The van der Waals surface area contributed by atoms with Crippen LogP contribution in [-0.2, 0) is 0 Å². The number of ether oxygens (including phenoxy) is 1. The Hall–Kier alpha value is -4.43. The molecule has 1 heterocycles. The van der Waals surface area contributed by atoms with Crippen LogP contribution in [0.15, 0.2) is 71.1 Å². The zero-order valence-electron chi connectivity index (χ0n) is 19.9. The van der Waals surface area contributed by atoms with Gasteiger partial charge in [0.25, 0.3) is 5.91 Å². The summed E-state index contributed by atoms with van der Waals surface area (Å²) in [6.07, 6.45) is 0. The second kappa shape index (κ2) is 9.31. The SMILES string of the molecule is COc1cc2ccccc2cc1C(=O)NC(=S)Nc1ccc(O)c(-c2nc3cc(C)cc(C)c3o2)c1. The summed E-state index contributed by atoms with van der Waals surface area (Å²) in [6, 6.07) is 20.1. The Labute approximate surface area is 212 Å². The minimum atomic E-state index is -0.404. The minimum absolute atomic E-state index is 0.0114. The third-order valence-electron chi connectivity index (χ3n) is 5.84. The van der Waals surface area contributed by atoms with Crippen molar-refractivity contribution >= 4 is 50.8 Å². The Kier molecular flexibility index (Phi) is 6.03. The van der Waals surface area contributed by atoms with Crippen LogP contribution in [0, 0.1) is 13.8 Å². The van der Waals surface area contributed by atoms with E-state index in [0.29, 0.717) is 33.7 Å². The number of thiocarbonyl (C=S) groups is 1. The third kappa shape index (κ3) is 4.46. The second-order valence-corrected chi connectivity index (χ2v) is 8.90. The molecule has 0 unspecified atom stereocenters. The molecule has 0 aliphatic rings. The molecular formula is C28H23N3O4S. The fourth-order valence-corrected chi connectivity index (χ4v) is 4.39. The van der Waals surface area contributed by atoms with Crippen LogP contribution in [0.1, 0.15) is 21.5 Å². The van der Waals surface area contributed by atoms with Crippen LogP contribution < -0.4 is 15.4 Å². The van der Waals surface area contributed by atoms with Crippen LogP contribution in [0.2, 0.25) is 0 Å². The molecule has 5 aromatic rings. The Morgan fingerprint density at radius 3 is 2.53 bits per heavy atom. The number of aromatic nitrogens is 1. The van der Waals surface area contributed by atoms with Gasteiger partial charge in [0.1, 0.15) is 17.0 Å². The van der Waals surface area contributed by atoms with Crippen molar-refractivity contribution in [3.8, 4) is 23.0 Å². The van der Waals surface area contributed by atoms with Crippen LogP contribution in [-0.4, -0.2) is 28.2 Å². The first-order valence-electron chi connectivity index (χ1n) is 11.2. The van der Waals surface area contributed by atoms with Crippen molar-refractivity contribution in [3.05, 3.63) is 83.4 Å². The molecule has 1 aromatic heterocycles. The third-order valence-corrected chi connectivity index (χ3v) is 6.05. The van der Waals surface area contributed by atoms with Crippen molar-refractivity contribution in [2.45, 2.75) is 13.8 Å². The molecule has 1 amide bonds. The summed E-state index contributed by atoms with van der Waals surface area (Å²) in [6.45, 7) is 3.94. The Bertz CT molecular complexity index is 1660. The molecular weight excluding hydrogens is 474 g/mol. The Morgan fingerprint density at radius 1 is 1.03 bits per heavy atom. The number of oxazole rings is 1. The van der Waals surface area contributed by atoms with Gasteiger partial charge in [-0.2, -0.15) is 0 Å². The molecule has 0 aliphatic heterocycles. The van der Waals surface area contributed by atoms with Crippen LogP contribution in [0.3, 0.4) is 0 Å². The predicted octanol–water partition coefficient (Wildman–Crippen LogP) is 6.11. The fourth-order valence-electron chi connectivity index (χ4n) is 4.18. The van der Waals surface area contributed by atoms with Crippen LogP contribution in [0.4, 0.5) is 5.69 Å². The van der Waals surface area contributed by atoms with Gasteiger partial charge in [0, 0.05) is 5.69 Å². The number of aromatic hydroxyl groups is 1. The Morgan fingerprint density at radius 2 is 1.78 bits per heavy atom. The molecule has 3 N–H and O–H groups in total. The number of phenolic OH excluding ortho intramolecular Hbond substituents is 1. The normalized spacial score (nSPS) is 11.0. The van der Waals surface area contributed by atoms with Crippen molar-refractivity contribution in [3.63, 3.8) is 0 Å². The summed E-state index contributed by atoms with van der Waals surface area (Å²) in [4.78, 5) is 17.5. The van der Waals surface area contributed by atoms with E-state index >= 15 is 0 Å². The lowest BCUT2D eigenvalue weighted by Gasteiger charge is -2.13. The first-order valence-corrected chi connectivity index (χ1v) is 11.6. The van der Waals surface area contributed by atoms with Crippen LogP contribution >= 0.6 is 12.2 Å². The predicted molar refractivity (Wildman–Crippen MR) is 145 cm³/mol. The van der Waals surface area contributed by atoms with Gasteiger partial charge in [-0.05, 0) is 84.4 Å². The number of hydrogen-bond donors (Lipinski definition) is 3. The van der Waals surface area contributed by atoms with Crippen molar-refractivity contribution in [1.29, 1.82) is 0 Å². The first-order chi connectivity index (χ1) is 17.3. The molecule has 8 heteroatoms. The standard InChI is InChI=1S/C28H23N3O4S/c1-15-10-16(2)25-22(11-15)30-27(35-25)20-14-19(8-9-23(20)32)29-28(36)31-26(33)21-12-17-6-4-5-7-18(17)13-24(21)34-3/h4-14,32H,1-3H3,(H2,29,31,33,36). The summed E-state index contributed by atoms with van der Waals surface area (Å²) in [5.41, 5.74) is 4.73. The largest absolute Gasteiger partial charge is 0.507 e. The smallest absolute Gasteiger partial charge is 0.261 e. The van der Waals surface area contributed by atoms with Gasteiger partial charge < -0.3 is 19.6 Å². The van der Waals surface area contributed by atoms with Gasteiger partial charge in [-0.25, -0.2) is 4.98 Å². The fraction of sp³-hybridized carbons (Fsp3) is 0.107. The molecule has 5 rings (SSSR count). The van der Waals surface area contributed by atoms with Crippen LogP contribution in [0.5, 0.6) is 11.5 Å². The summed E-state index contributed by atoms with van der Waals surface area (Å²) in [7, 11) is 1.52. The number of nitrogens with zero attached hydrogens (tertiary/aromatic N) is 1. The number of fused-ring (bicyclic) bond motifs is 2. The monoisotopic (exact) mass is 497 g/mol. The van der Waals surface area contributed by atoms with E-state index in [1.54, 1.807) is 18.2 Å². The molecule has 0 radical (unpaired) electrons. The molecule has 7 nitrogen and oxygen atoms in total. The number of carbonyl (C=O) groups excluding carboxylic acids is 1. The molecule has 0 aliphatic carbocycles. The Balaban J connectivity index is 1.38. The van der Waals surface area contributed by atoms with E-state index in [-0.39, 0.29) is 16.8 Å². The highest BCUT2D eigenvalue weighted by Gasteiger charge is 2.17. The molecule has 4 aromatic carbocycles. The van der Waals surface area contributed by atoms with E-state index in [0.717, 1.165) is 21.9 Å². The van der Waals surface area contributed by atoms with E-state index in [1.165, 1.54) is 13.2 Å². The van der Waals surface area contributed by atoms with Crippen molar-refractivity contribution in [2.75, 3.05) is 12.4 Å². The lowest BCUT2D eigenvalue weighted by molar-refractivity contribution is 0.0975. The summed E-state index contributed by atoms with van der Waals surface area (Å²) < 4.78 is 11.4. The quantitative estimate of drug-likeness (QED) is 0.204. The lowest BCUT2D eigenvalue weighted by Crippen LogP contribution is -2.34. The molecule has 0 fully saturated rings. The number of carbonyl (C=O) groups is 1. The number of anilines is 1. The maximum atomic E-state index is 13.0. The molecule has 0 saturated carbocycles. The van der Waals surface area contributed by atoms with Gasteiger partial charge >= 0.3 is 0 Å². The summed E-state index contributed by atoms with van der Waals surface area (Å²) >= 11 is 5.38. The average Bonchev–Trinajstić information content (AvgIpc) is 3.28. The van der Waals surface area contributed by atoms with E-state index < -0.39 is 5.91 Å². The van der Waals surface area contributed by atoms with Gasteiger partial charge in [0.05, 0.1) is 18.2 Å². The van der Waals surface area contributed by atoms with Gasteiger partial charge in [0.15, 0.2) is 10.7 Å². The molecule has 0 bridgehead atoms. The number of rotatable bonds is 4. The maximum absolute atomic E-state index is 13.0. The van der Waals surface area contributed by atoms with E-state index in [9.17, 15) is 9.90 Å². The molecule has 180 valence electrons. The second-order valence-electron chi connectivity index (χ2n) is 8.49. The van der Waals surface area contributed by atoms with Gasteiger partial charge in [0.2, 0.25) is 5.89 Å². The minimum Gasteiger partial charge on any atom is -0.507 e. The highest BCUT2D eigenvalue weighted by molar-refractivity contribution is 7.80. The molecule has 0 atom stereocenters. The van der Waals surface area contributed by atoms with Crippen molar-refractivity contribution in [2.24, 2.45) is 0 Å². The van der Waals surface area contributed by atoms with Gasteiger partial charge in [-0.15, -0.1) is 0 Å². The highest BCUT2D eigenvalue weighted by atomic mass is 32.1. The topological polar surface area (TPSA) is 96.6 Å². The number of benzene rings is 4. The average molecular weight is 498 g/mol. The zero-order chi connectivity index (χ0) is 25.4. The summed E-state index contributed by atoms with van der Waals surface area (Å²) in [5, 5.41) is 18.1. The number of methoxy groups -OCH3 is 1. The maximum Gasteiger partial charge on any atom is 0.261 e. The summed E-state index contributed by atoms with van der Waals surface area (Å²) in [5.74, 6) is 0.342.